The number of amides is 2. The first-order valence-corrected chi connectivity index (χ1v) is 9.67. The van der Waals surface area contributed by atoms with E-state index in [9.17, 15) is 9.59 Å². The number of nitrogens with one attached hydrogen (secondary N) is 1. The third-order valence-corrected chi connectivity index (χ3v) is 5.06. The van der Waals surface area contributed by atoms with E-state index in [1.54, 1.807) is 0 Å². The minimum atomic E-state index is 0.0175. The minimum absolute atomic E-state index is 0.0175. The van der Waals surface area contributed by atoms with Gasteiger partial charge >= 0.3 is 0 Å². The molecule has 0 atom stereocenters. The number of nitrogens with zero attached hydrogens (tertiary/aromatic N) is 3. The number of likely N-dealkylation sites (tertiary alicyclic amines) is 1. The Labute approximate surface area is 160 Å². The molecule has 0 saturated carbocycles. The van der Waals surface area contributed by atoms with Gasteiger partial charge in [0.25, 0.3) is 5.91 Å². The number of aryl methyl sites for hydroxylation is 2. The lowest BCUT2D eigenvalue weighted by molar-refractivity contribution is -0.122. The van der Waals surface area contributed by atoms with Crippen molar-refractivity contribution in [3.05, 3.63) is 35.2 Å². The molecule has 2 aromatic rings. The van der Waals surface area contributed by atoms with Gasteiger partial charge in [-0.1, -0.05) is 13.8 Å². The quantitative estimate of drug-likeness (QED) is 0.900. The van der Waals surface area contributed by atoms with Crippen molar-refractivity contribution in [3.63, 3.8) is 0 Å². The Balaban J connectivity index is 1.63. The second kappa shape index (κ2) is 8.03. The van der Waals surface area contributed by atoms with Crippen LogP contribution in [-0.2, 0) is 4.79 Å². The maximum Gasteiger partial charge on any atom is 0.253 e. The second-order valence-electron chi connectivity index (χ2n) is 7.83. The van der Waals surface area contributed by atoms with Gasteiger partial charge in [0.1, 0.15) is 0 Å². The summed E-state index contributed by atoms with van der Waals surface area (Å²) in [6.45, 7) is 9.25. The summed E-state index contributed by atoms with van der Waals surface area (Å²) in [5, 5.41) is 3.09. The van der Waals surface area contributed by atoms with Gasteiger partial charge in [0.2, 0.25) is 5.91 Å². The Bertz CT molecular complexity index is 855. The number of fused-ring (bicyclic) bond motifs is 1. The fraction of sp³-hybridized carbons (Fsp3) is 0.524. The number of rotatable bonds is 4. The summed E-state index contributed by atoms with van der Waals surface area (Å²) < 4.78 is 0. The molecular weight excluding hydrogens is 340 g/mol. The Morgan fingerprint density at radius 1 is 1.11 bits per heavy atom. The van der Waals surface area contributed by atoms with E-state index in [1.807, 2.05) is 50.8 Å². The molecule has 6 nitrogen and oxygen atoms in total. The molecule has 2 amide bonds. The van der Waals surface area contributed by atoms with Crippen molar-refractivity contribution < 1.29 is 9.59 Å². The van der Waals surface area contributed by atoms with Gasteiger partial charge in [0.05, 0.1) is 22.4 Å². The first-order valence-electron chi connectivity index (χ1n) is 9.67. The molecule has 3 rings (SSSR count). The lowest BCUT2D eigenvalue weighted by Gasteiger charge is -2.32. The molecule has 1 aromatic heterocycles. The fourth-order valence-electron chi connectivity index (χ4n) is 3.43. The SMILES string of the molecule is Cc1nc2ccc(C(=O)N3CCC(NC(=O)CC(C)C)CC3)cc2nc1C. The van der Waals surface area contributed by atoms with Crippen molar-refractivity contribution in [2.24, 2.45) is 5.92 Å². The molecule has 0 unspecified atom stereocenters. The molecular formula is C21H28N4O2. The monoisotopic (exact) mass is 368 g/mol. The fourth-order valence-corrected chi connectivity index (χ4v) is 3.43. The van der Waals surface area contributed by atoms with Gasteiger partial charge in [-0.3, -0.25) is 9.59 Å². The lowest BCUT2D eigenvalue weighted by Crippen LogP contribution is -2.46. The van der Waals surface area contributed by atoms with E-state index in [2.05, 4.69) is 15.3 Å². The molecule has 1 aliphatic rings. The number of hydrogen-bond acceptors (Lipinski definition) is 4. The van der Waals surface area contributed by atoms with Crippen molar-refractivity contribution in [2.75, 3.05) is 13.1 Å². The van der Waals surface area contributed by atoms with E-state index in [-0.39, 0.29) is 17.9 Å². The highest BCUT2D eigenvalue weighted by molar-refractivity contribution is 5.97. The molecule has 1 saturated heterocycles. The largest absolute Gasteiger partial charge is 0.353 e. The van der Waals surface area contributed by atoms with Crippen LogP contribution in [0.15, 0.2) is 18.2 Å². The van der Waals surface area contributed by atoms with E-state index in [0.717, 1.165) is 35.3 Å². The zero-order valence-electron chi connectivity index (χ0n) is 16.6. The van der Waals surface area contributed by atoms with E-state index >= 15 is 0 Å². The van der Waals surface area contributed by atoms with Gasteiger partial charge in [-0.2, -0.15) is 0 Å². The Morgan fingerprint density at radius 2 is 1.74 bits per heavy atom. The normalized spacial score (nSPS) is 15.4. The van der Waals surface area contributed by atoms with Crippen LogP contribution >= 0.6 is 0 Å². The number of carbonyl (C=O) groups excluding carboxylic acids is 2. The highest BCUT2D eigenvalue weighted by atomic mass is 16.2. The van der Waals surface area contributed by atoms with Crippen molar-refractivity contribution in [1.82, 2.24) is 20.2 Å². The number of piperidine rings is 1. The molecule has 1 N–H and O–H groups in total. The maximum absolute atomic E-state index is 12.9. The topological polar surface area (TPSA) is 75.2 Å². The third kappa shape index (κ3) is 4.62. The molecule has 0 bridgehead atoms. The standard InChI is InChI=1S/C21H28N4O2/c1-13(2)11-20(26)24-17-7-9-25(10-8-17)21(27)16-5-6-18-19(12-16)23-15(4)14(3)22-18/h5-6,12-13,17H,7-11H2,1-4H3,(H,24,26). The molecule has 6 heteroatoms. The predicted octanol–water partition coefficient (Wildman–Crippen LogP) is 3.01. The summed E-state index contributed by atoms with van der Waals surface area (Å²) in [5.74, 6) is 0.479. The van der Waals surface area contributed by atoms with Crippen LogP contribution < -0.4 is 5.32 Å². The Hall–Kier alpha value is -2.50. The highest BCUT2D eigenvalue weighted by Gasteiger charge is 2.25. The lowest BCUT2D eigenvalue weighted by atomic mass is 10.0. The van der Waals surface area contributed by atoms with Crippen LogP contribution in [0.4, 0.5) is 0 Å². The predicted molar refractivity (Wildman–Crippen MR) is 106 cm³/mol. The molecule has 144 valence electrons. The van der Waals surface area contributed by atoms with Gasteiger partial charge in [-0.25, -0.2) is 9.97 Å². The van der Waals surface area contributed by atoms with Crippen LogP contribution in [0.5, 0.6) is 0 Å². The smallest absolute Gasteiger partial charge is 0.253 e. The molecule has 1 aromatic carbocycles. The van der Waals surface area contributed by atoms with Crippen molar-refractivity contribution in [2.45, 2.75) is 53.0 Å². The first-order chi connectivity index (χ1) is 12.8. The van der Waals surface area contributed by atoms with Crippen molar-refractivity contribution in [1.29, 1.82) is 0 Å². The molecule has 1 fully saturated rings. The van der Waals surface area contributed by atoms with E-state index in [1.165, 1.54) is 0 Å². The van der Waals surface area contributed by atoms with Crippen LogP contribution in [-0.4, -0.2) is 45.8 Å². The number of aromatic nitrogens is 2. The zero-order valence-corrected chi connectivity index (χ0v) is 16.6. The third-order valence-electron chi connectivity index (χ3n) is 5.06. The van der Waals surface area contributed by atoms with Gasteiger partial charge in [-0.15, -0.1) is 0 Å². The van der Waals surface area contributed by atoms with Crippen LogP contribution in [0.1, 0.15) is 54.9 Å². The Kier molecular flexibility index (Phi) is 5.73. The molecule has 1 aliphatic heterocycles. The van der Waals surface area contributed by atoms with Crippen molar-refractivity contribution in [3.8, 4) is 0 Å². The Morgan fingerprint density at radius 3 is 2.37 bits per heavy atom. The van der Waals surface area contributed by atoms with Crippen LogP contribution in [0.25, 0.3) is 11.0 Å². The van der Waals surface area contributed by atoms with Crippen molar-refractivity contribution >= 4 is 22.8 Å². The number of carbonyl (C=O) groups is 2. The van der Waals surface area contributed by atoms with E-state index < -0.39 is 0 Å². The summed E-state index contributed by atoms with van der Waals surface area (Å²) in [6, 6.07) is 5.67. The number of benzene rings is 1. The average molecular weight is 368 g/mol. The number of hydrogen-bond donors (Lipinski definition) is 1. The van der Waals surface area contributed by atoms with Gasteiger partial charge < -0.3 is 10.2 Å². The molecule has 27 heavy (non-hydrogen) atoms. The average Bonchev–Trinajstić information content (AvgIpc) is 2.61. The zero-order chi connectivity index (χ0) is 19.6. The second-order valence-corrected chi connectivity index (χ2v) is 7.83. The summed E-state index contributed by atoms with van der Waals surface area (Å²) in [6.07, 6.45) is 2.14. The maximum atomic E-state index is 12.9. The summed E-state index contributed by atoms with van der Waals surface area (Å²) >= 11 is 0. The van der Waals surface area contributed by atoms with Crippen LogP contribution in [0.2, 0.25) is 0 Å². The van der Waals surface area contributed by atoms with Gasteiger partial charge in [0.15, 0.2) is 0 Å². The van der Waals surface area contributed by atoms with Gasteiger partial charge in [-0.05, 0) is 50.8 Å². The minimum Gasteiger partial charge on any atom is -0.353 e. The first kappa shape index (κ1) is 19.3. The highest BCUT2D eigenvalue weighted by Crippen LogP contribution is 2.18. The molecule has 2 heterocycles. The van der Waals surface area contributed by atoms with Gasteiger partial charge in [0, 0.05) is 31.1 Å². The van der Waals surface area contributed by atoms with Crippen LogP contribution in [0.3, 0.4) is 0 Å². The molecule has 0 spiro atoms. The van der Waals surface area contributed by atoms with E-state index in [4.69, 9.17) is 0 Å². The van der Waals surface area contributed by atoms with E-state index in [0.29, 0.717) is 31.0 Å². The molecule has 0 radical (unpaired) electrons. The van der Waals surface area contributed by atoms with Crippen LogP contribution in [0, 0.1) is 19.8 Å². The summed E-state index contributed by atoms with van der Waals surface area (Å²) in [5.41, 5.74) is 3.98. The molecule has 0 aliphatic carbocycles. The summed E-state index contributed by atoms with van der Waals surface area (Å²) in [4.78, 5) is 35.7. The summed E-state index contributed by atoms with van der Waals surface area (Å²) in [7, 11) is 0.